The lowest BCUT2D eigenvalue weighted by Gasteiger charge is -2.21. The molecule has 0 aromatic rings. The Labute approximate surface area is 66.6 Å². The van der Waals surface area contributed by atoms with E-state index in [-0.39, 0.29) is 12.2 Å². The number of methoxy groups -OCH3 is 2. The van der Waals surface area contributed by atoms with Crippen molar-refractivity contribution >= 4 is 5.96 Å². The normalized spacial score (nSPS) is 10.2. The molecule has 0 saturated heterocycles. The molecule has 0 radical (unpaired) electrons. The van der Waals surface area contributed by atoms with E-state index < -0.39 is 0 Å². The predicted molar refractivity (Wildman–Crippen MR) is 42.4 cm³/mol. The summed E-state index contributed by atoms with van der Waals surface area (Å²) in [7, 11) is 4.79. The summed E-state index contributed by atoms with van der Waals surface area (Å²) >= 11 is 0. The van der Waals surface area contributed by atoms with Crippen LogP contribution in [0.1, 0.15) is 0 Å². The van der Waals surface area contributed by atoms with Crippen molar-refractivity contribution < 1.29 is 9.47 Å². The van der Waals surface area contributed by atoms with Gasteiger partial charge in [-0.25, -0.2) is 0 Å². The molecular weight excluding hydrogens is 146 g/mol. The van der Waals surface area contributed by atoms with Crippen LogP contribution in [0.3, 0.4) is 0 Å². The number of nitrogens with zero attached hydrogens (tertiary/aromatic N) is 1. The second kappa shape index (κ2) is 4.92. The molecule has 0 aliphatic rings. The summed E-state index contributed by atoms with van der Waals surface area (Å²) in [5, 5.41) is 7.04. The molecule has 0 bridgehead atoms. The Balaban J connectivity index is 3.71. The molecule has 5 nitrogen and oxygen atoms in total. The van der Waals surface area contributed by atoms with Crippen LogP contribution in [0.5, 0.6) is 0 Å². The highest BCUT2D eigenvalue weighted by Crippen LogP contribution is 1.92. The van der Waals surface area contributed by atoms with Gasteiger partial charge in [-0.2, -0.15) is 0 Å². The summed E-state index contributed by atoms with van der Waals surface area (Å²) in [5.41, 5.74) is 5.19. The maximum Gasteiger partial charge on any atom is 0.188 e. The molecule has 0 aliphatic carbocycles. The third-order valence-electron chi connectivity index (χ3n) is 1.36. The van der Waals surface area contributed by atoms with E-state index in [9.17, 15) is 0 Å². The van der Waals surface area contributed by atoms with Gasteiger partial charge >= 0.3 is 0 Å². The van der Waals surface area contributed by atoms with Crippen LogP contribution in [0, 0.1) is 5.41 Å². The van der Waals surface area contributed by atoms with Crippen LogP contribution in [0.25, 0.3) is 0 Å². The van der Waals surface area contributed by atoms with E-state index in [0.29, 0.717) is 6.54 Å². The van der Waals surface area contributed by atoms with Gasteiger partial charge in [-0.15, -0.1) is 0 Å². The van der Waals surface area contributed by atoms with Crippen LogP contribution in [-0.2, 0) is 9.47 Å². The number of guanidine groups is 1. The van der Waals surface area contributed by atoms with Gasteiger partial charge in [0.2, 0.25) is 0 Å². The summed E-state index contributed by atoms with van der Waals surface area (Å²) in [6.45, 7) is 0.461. The minimum absolute atomic E-state index is 0.00380. The minimum atomic E-state index is -0.330. The van der Waals surface area contributed by atoms with Crippen molar-refractivity contribution in [2.45, 2.75) is 6.29 Å². The van der Waals surface area contributed by atoms with Gasteiger partial charge in [0.25, 0.3) is 0 Å². The number of hydrogen-bond acceptors (Lipinski definition) is 3. The SMILES string of the molecule is COC(CN(C)C(=N)N)OC. The van der Waals surface area contributed by atoms with Crippen molar-refractivity contribution in [1.82, 2.24) is 4.90 Å². The predicted octanol–water partition coefficient (Wildman–Crippen LogP) is -0.569. The lowest BCUT2D eigenvalue weighted by molar-refractivity contribution is -0.107. The molecule has 0 amide bonds. The minimum Gasteiger partial charge on any atom is -0.370 e. The summed E-state index contributed by atoms with van der Waals surface area (Å²) in [5.74, 6) is 0.00380. The zero-order chi connectivity index (χ0) is 8.85. The van der Waals surface area contributed by atoms with Crippen LogP contribution in [0.2, 0.25) is 0 Å². The zero-order valence-electron chi connectivity index (χ0n) is 7.13. The molecule has 3 N–H and O–H groups in total. The number of nitrogens with one attached hydrogen (secondary N) is 1. The van der Waals surface area contributed by atoms with E-state index in [1.54, 1.807) is 21.3 Å². The molecule has 0 aromatic heterocycles. The van der Waals surface area contributed by atoms with Crippen LogP contribution in [0.4, 0.5) is 0 Å². The second-order valence-electron chi connectivity index (χ2n) is 2.17. The van der Waals surface area contributed by atoms with Gasteiger partial charge in [0.05, 0.1) is 6.54 Å². The quantitative estimate of drug-likeness (QED) is 0.329. The van der Waals surface area contributed by atoms with Gasteiger partial charge in [-0.05, 0) is 0 Å². The molecule has 0 saturated carbocycles. The number of likely N-dealkylation sites (N-methyl/N-ethyl adjacent to an activating group) is 1. The highest BCUT2D eigenvalue weighted by Gasteiger charge is 2.09. The van der Waals surface area contributed by atoms with Crippen molar-refractivity contribution in [1.29, 1.82) is 5.41 Å². The maximum atomic E-state index is 7.04. The first-order valence-corrected chi connectivity index (χ1v) is 3.22. The van der Waals surface area contributed by atoms with Gasteiger partial charge in [-0.1, -0.05) is 0 Å². The van der Waals surface area contributed by atoms with Crippen LogP contribution in [-0.4, -0.2) is 45.0 Å². The first kappa shape index (κ1) is 10.2. The van der Waals surface area contributed by atoms with Crippen molar-refractivity contribution in [2.75, 3.05) is 27.8 Å². The summed E-state index contributed by atoms with van der Waals surface area (Å²) in [6, 6.07) is 0. The Hall–Kier alpha value is -0.810. The highest BCUT2D eigenvalue weighted by molar-refractivity contribution is 5.74. The Kier molecular flexibility index (Phi) is 4.56. The van der Waals surface area contributed by atoms with Crippen molar-refractivity contribution in [3.8, 4) is 0 Å². The molecule has 0 heterocycles. The fourth-order valence-electron chi connectivity index (χ4n) is 0.567. The van der Waals surface area contributed by atoms with E-state index in [4.69, 9.17) is 20.6 Å². The standard InChI is InChI=1S/C6H15N3O2/c1-9(6(7)8)4-5(10-2)11-3/h5H,4H2,1-3H3,(H3,7,8). The molecule has 0 rings (SSSR count). The van der Waals surface area contributed by atoms with Gasteiger partial charge in [0, 0.05) is 21.3 Å². The second-order valence-corrected chi connectivity index (χ2v) is 2.17. The lowest BCUT2D eigenvalue weighted by atomic mass is 10.5. The molecule has 0 spiro atoms. The van der Waals surface area contributed by atoms with E-state index in [1.165, 1.54) is 4.90 Å². The van der Waals surface area contributed by atoms with Crippen LogP contribution in [0.15, 0.2) is 0 Å². The highest BCUT2D eigenvalue weighted by atomic mass is 16.7. The first-order valence-electron chi connectivity index (χ1n) is 3.22. The number of nitrogens with two attached hydrogens (primary N) is 1. The molecule has 0 unspecified atom stereocenters. The molecule has 0 aliphatic heterocycles. The molecule has 66 valence electrons. The maximum absolute atomic E-state index is 7.04. The Morgan fingerprint density at radius 1 is 1.55 bits per heavy atom. The Morgan fingerprint density at radius 3 is 2.27 bits per heavy atom. The summed E-state index contributed by atoms with van der Waals surface area (Å²) in [6.07, 6.45) is -0.330. The number of rotatable bonds is 4. The molecule has 0 atom stereocenters. The average Bonchev–Trinajstić information content (AvgIpc) is 1.99. The largest absolute Gasteiger partial charge is 0.370 e. The topological polar surface area (TPSA) is 71.6 Å². The lowest BCUT2D eigenvalue weighted by Crippen LogP contribution is -2.39. The van der Waals surface area contributed by atoms with Crippen LogP contribution < -0.4 is 5.73 Å². The molecule has 0 aromatic carbocycles. The van der Waals surface area contributed by atoms with Gasteiger partial charge in [-0.3, -0.25) is 5.41 Å². The fraction of sp³-hybridized carbons (Fsp3) is 0.833. The smallest absolute Gasteiger partial charge is 0.188 e. The monoisotopic (exact) mass is 161 g/mol. The van der Waals surface area contributed by atoms with Gasteiger partial charge < -0.3 is 20.1 Å². The van der Waals surface area contributed by atoms with Crippen molar-refractivity contribution in [2.24, 2.45) is 5.73 Å². The Morgan fingerprint density at radius 2 is 2.00 bits per heavy atom. The van der Waals surface area contributed by atoms with E-state index in [2.05, 4.69) is 0 Å². The van der Waals surface area contributed by atoms with Crippen molar-refractivity contribution in [3.63, 3.8) is 0 Å². The fourth-order valence-corrected chi connectivity index (χ4v) is 0.567. The van der Waals surface area contributed by atoms with E-state index in [1.807, 2.05) is 0 Å². The number of hydrogen-bond donors (Lipinski definition) is 2. The summed E-state index contributed by atoms with van der Waals surface area (Å²) < 4.78 is 9.81. The average molecular weight is 161 g/mol. The van der Waals surface area contributed by atoms with Gasteiger partial charge in [0.15, 0.2) is 12.2 Å². The van der Waals surface area contributed by atoms with Gasteiger partial charge in [0.1, 0.15) is 0 Å². The third-order valence-corrected chi connectivity index (χ3v) is 1.36. The number of ether oxygens (including phenoxy) is 2. The molecular formula is C6H15N3O2. The van der Waals surface area contributed by atoms with Crippen LogP contribution >= 0.6 is 0 Å². The first-order chi connectivity index (χ1) is 5.11. The summed E-state index contributed by atoms with van der Waals surface area (Å²) in [4.78, 5) is 1.54. The zero-order valence-corrected chi connectivity index (χ0v) is 7.13. The van der Waals surface area contributed by atoms with E-state index >= 15 is 0 Å². The molecule has 11 heavy (non-hydrogen) atoms. The van der Waals surface area contributed by atoms with Crippen molar-refractivity contribution in [3.05, 3.63) is 0 Å². The third kappa shape index (κ3) is 3.79. The van der Waals surface area contributed by atoms with E-state index in [0.717, 1.165) is 0 Å². The Bertz CT molecular complexity index is 125. The molecule has 5 heteroatoms. The molecule has 0 fully saturated rings.